The summed E-state index contributed by atoms with van der Waals surface area (Å²) in [6, 6.07) is 17.7. The first-order chi connectivity index (χ1) is 12.0. The Morgan fingerprint density at radius 3 is 2.44 bits per heavy atom. The predicted molar refractivity (Wildman–Crippen MR) is 107 cm³/mol. The van der Waals surface area contributed by atoms with Crippen LogP contribution in [-0.4, -0.2) is 29.9 Å². The molecule has 3 rings (SSSR count). The summed E-state index contributed by atoms with van der Waals surface area (Å²) in [5, 5.41) is 0. The van der Waals surface area contributed by atoms with E-state index in [1.165, 1.54) is 0 Å². The Kier molecular flexibility index (Phi) is 5.50. The zero-order valence-electron chi connectivity index (χ0n) is 14.0. The molecule has 3 aromatic rings. The van der Waals surface area contributed by atoms with E-state index in [-0.39, 0.29) is 5.91 Å². The van der Waals surface area contributed by atoms with Gasteiger partial charge in [0.25, 0.3) is 5.91 Å². The minimum Gasteiger partial charge on any atom is -0.337 e. The van der Waals surface area contributed by atoms with Crippen LogP contribution in [0.15, 0.2) is 64.6 Å². The number of rotatable bonds is 5. The lowest BCUT2D eigenvalue weighted by molar-refractivity contribution is 0.0786. The van der Waals surface area contributed by atoms with Crippen LogP contribution >= 0.6 is 27.3 Å². The third-order valence-corrected chi connectivity index (χ3v) is 5.46. The number of hydrogen-bond donors (Lipinski definition) is 0. The van der Waals surface area contributed by atoms with Crippen LogP contribution in [0.4, 0.5) is 11.5 Å². The number of halogens is 1. The maximum Gasteiger partial charge on any atom is 0.255 e. The molecule has 1 aromatic carbocycles. The summed E-state index contributed by atoms with van der Waals surface area (Å²) in [6.45, 7) is 0.584. The third kappa shape index (κ3) is 4.27. The quantitative estimate of drug-likeness (QED) is 0.591. The van der Waals surface area contributed by atoms with Gasteiger partial charge in [0, 0.05) is 30.9 Å². The van der Waals surface area contributed by atoms with Crippen LogP contribution in [0.2, 0.25) is 0 Å². The van der Waals surface area contributed by atoms with Gasteiger partial charge in [-0.25, -0.2) is 4.98 Å². The molecule has 0 radical (unpaired) electrons. The molecular formula is C19H18BrN3OS. The lowest BCUT2D eigenvalue weighted by atomic mass is 10.2. The van der Waals surface area contributed by atoms with Gasteiger partial charge in [-0.1, -0.05) is 18.2 Å². The fraction of sp³-hybridized carbons (Fsp3) is 0.158. The average molecular weight is 416 g/mol. The van der Waals surface area contributed by atoms with Gasteiger partial charge in [-0.2, -0.15) is 0 Å². The largest absolute Gasteiger partial charge is 0.337 e. The molecule has 25 heavy (non-hydrogen) atoms. The molecule has 0 bridgehead atoms. The van der Waals surface area contributed by atoms with Crippen LogP contribution in [0.25, 0.3) is 0 Å². The fourth-order valence-electron chi connectivity index (χ4n) is 2.46. The zero-order chi connectivity index (χ0) is 17.8. The van der Waals surface area contributed by atoms with Crippen LogP contribution in [0.3, 0.4) is 0 Å². The highest BCUT2D eigenvalue weighted by molar-refractivity contribution is 9.11. The van der Waals surface area contributed by atoms with Crippen molar-refractivity contribution >= 4 is 44.7 Å². The number of carbonyl (C=O) groups excluding carboxylic acids is 1. The zero-order valence-corrected chi connectivity index (χ0v) is 16.4. The Balaban J connectivity index is 1.70. The average Bonchev–Trinajstić information content (AvgIpc) is 3.06. The molecule has 2 heterocycles. The summed E-state index contributed by atoms with van der Waals surface area (Å²) in [5.41, 5.74) is 1.64. The summed E-state index contributed by atoms with van der Waals surface area (Å²) in [6.07, 6.45) is 1.64. The highest BCUT2D eigenvalue weighted by Crippen LogP contribution is 2.24. The second-order valence-corrected chi connectivity index (χ2v) is 8.21. The number of aromatic nitrogens is 1. The first-order valence-corrected chi connectivity index (χ1v) is 9.40. The molecule has 0 atom stereocenters. The predicted octanol–water partition coefficient (Wildman–Crippen LogP) is 4.95. The molecule has 0 saturated heterocycles. The Morgan fingerprint density at radius 1 is 1.08 bits per heavy atom. The smallest absolute Gasteiger partial charge is 0.255 e. The number of hydrogen-bond acceptors (Lipinski definition) is 4. The molecule has 6 heteroatoms. The number of pyridine rings is 1. The molecule has 0 saturated carbocycles. The van der Waals surface area contributed by atoms with Crippen molar-refractivity contribution in [3.05, 3.63) is 75.0 Å². The van der Waals surface area contributed by atoms with E-state index < -0.39 is 0 Å². The van der Waals surface area contributed by atoms with Crippen molar-refractivity contribution in [2.75, 3.05) is 19.0 Å². The molecule has 0 fully saturated rings. The number of benzene rings is 1. The number of nitrogens with zero attached hydrogens (tertiary/aromatic N) is 3. The molecule has 0 aliphatic carbocycles. The van der Waals surface area contributed by atoms with Gasteiger partial charge in [-0.05, 0) is 52.3 Å². The third-order valence-electron chi connectivity index (χ3n) is 3.85. The van der Waals surface area contributed by atoms with Crippen molar-refractivity contribution in [3.8, 4) is 0 Å². The van der Waals surface area contributed by atoms with Crippen LogP contribution in [-0.2, 0) is 6.54 Å². The molecule has 0 unspecified atom stereocenters. The van der Waals surface area contributed by atoms with Crippen molar-refractivity contribution in [1.82, 2.24) is 9.88 Å². The molecule has 128 valence electrons. The van der Waals surface area contributed by atoms with Gasteiger partial charge >= 0.3 is 0 Å². The van der Waals surface area contributed by atoms with Crippen molar-refractivity contribution in [2.45, 2.75) is 6.54 Å². The summed E-state index contributed by atoms with van der Waals surface area (Å²) in [5.74, 6) is 0.763. The summed E-state index contributed by atoms with van der Waals surface area (Å²) in [7, 11) is 3.76. The first-order valence-electron chi connectivity index (χ1n) is 7.79. The Bertz CT molecular complexity index is 849. The van der Waals surface area contributed by atoms with Crippen molar-refractivity contribution in [1.29, 1.82) is 0 Å². The van der Waals surface area contributed by atoms with Gasteiger partial charge in [0.2, 0.25) is 0 Å². The molecule has 0 aliphatic rings. The Morgan fingerprint density at radius 2 is 1.84 bits per heavy atom. The minimum atomic E-state index is -0.0362. The maximum atomic E-state index is 12.6. The van der Waals surface area contributed by atoms with Crippen molar-refractivity contribution in [2.24, 2.45) is 0 Å². The van der Waals surface area contributed by atoms with E-state index >= 15 is 0 Å². The van der Waals surface area contributed by atoms with Gasteiger partial charge in [0.15, 0.2) is 0 Å². The van der Waals surface area contributed by atoms with E-state index in [4.69, 9.17) is 0 Å². The minimum absolute atomic E-state index is 0.0362. The number of carbonyl (C=O) groups is 1. The van der Waals surface area contributed by atoms with Crippen LogP contribution in [0.5, 0.6) is 0 Å². The van der Waals surface area contributed by atoms with Crippen LogP contribution < -0.4 is 4.90 Å². The Hall–Kier alpha value is -2.18. The topological polar surface area (TPSA) is 36.4 Å². The lowest BCUT2D eigenvalue weighted by Gasteiger charge is -2.19. The molecule has 4 nitrogen and oxygen atoms in total. The second-order valence-electron chi connectivity index (χ2n) is 5.67. The standard InChI is InChI=1S/C19H18BrN3OS/c1-22(13-16-9-10-17(20)25-16)19(24)14-8-11-18(21-12-14)23(2)15-6-4-3-5-7-15/h3-12H,13H2,1-2H3. The van der Waals surface area contributed by atoms with Gasteiger partial charge in [-0.15, -0.1) is 11.3 Å². The van der Waals surface area contributed by atoms with Gasteiger partial charge < -0.3 is 9.80 Å². The fourth-order valence-corrected chi connectivity index (χ4v) is 3.99. The summed E-state index contributed by atoms with van der Waals surface area (Å²) >= 11 is 5.08. The lowest BCUT2D eigenvalue weighted by Crippen LogP contribution is -2.26. The van der Waals surface area contributed by atoms with Crippen molar-refractivity contribution < 1.29 is 4.79 Å². The molecule has 0 spiro atoms. The van der Waals surface area contributed by atoms with Crippen LogP contribution in [0.1, 0.15) is 15.2 Å². The van der Waals surface area contributed by atoms with E-state index in [0.717, 1.165) is 20.2 Å². The Labute approximate surface area is 159 Å². The summed E-state index contributed by atoms with van der Waals surface area (Å²) < 4.78 is 1.07. The maximum absolute atomic E-state index is 12.6. The number of para-hydroxylation sites is 1. The normalized spacial score (nSPS) is 10.5. The number of amides is 1. The van der Waals surface area contributed by atoms with Crippen LogP contribution in [0, 0.1) is 0 Å². The SMILES string of the molecule is CN(Cc1ccc(Br)s1)C(=O)c1ccc(N(C)c2ccccc2)nc1. The molecule has 0 N–H and O–H groups in total. The first kappa shape index (κ1) is 17.6. The van der Waals surface area contributed by atoms with E-state index in [9.17, 15) is 4.79 Å². The second kappa shape index (κ2) is 7.80. The number of thiophene rings is 1. The van der Waals surface area contributed by atoms with E-state index in [0.29, 0.717) is 12.1 Å². The van der Waals surface area contributed by atoms with E-state index in [1.54, 1.807) is 29.5 Å². The number of anilines is 2. The summed E-state index contributed by atoms with van der Waals surface area (Å²) in [4.78, 5) is 21.8. The van der Waals surface area contributed by atoms with Gasteiger partial charge in [-0.3, -0.25) is 4.79 Å². The van der Waals surface area contributed by atoms with Crippen molar-refractivity contribution in [3.63, 3.8) is 0 Å². The van der Waals surface area contributed by atoms with Gasteiger partial charge in [0.1, 0.15) is 5.82 Å². The molecule has 2 aromatic heterocycles. The molecular weight excluding hydrogens is 398 g/mol. The van der Waals surface area contributed by atoms with E-state index in [1.807, 2.05) is 66.5 Å². The van der Waals surface area contributed by atoms with E-state index in [2.05, 4.69) is 20.9 Å². The molecule has 1 amide bonds. The van der Waals surface area contributed by atoms with Gasteiger partial charge in [0.05, 0.1) is 15.9 Å². The highest BCUT2D eigenvalue weighted by Gasteiger charge is 2.14. The molecule has 0 aliphatic heterocycles. The monoisotopic (exact) mass is 415 g/mol. The highest BCUT2D eigenvalue weighted by atomic mass is 79.9.